The van der Waals surface area contributed by atoms with Gasteiger partial charge in [-0.1, -0.05) is 47.6 Å². The van der Waals surface area contributed by atoms with Gasteiger partial charge in [-0.15, -0.1) is 0 Å². The highest BCUT2D eigenvalue weighted by Gasteiger charge is 2.36. The summed E-state index contributed by atoms with van der Waals surface area (Å²) in [6.45, 7) is 20.2. The highest BCUT2D eigenvalue weighted by atomic mass is 16.2. The lowest BCUT2D eigenvalue weighted by Crippen LogP contribution is -2.64. The molecule has 4 heterocycles. The van der Waals surface area contributed by atoms with Crippen LogP contribution in [0, 0.1) is 5.41 Å². The van der Waals surface area contributed by atoms with Gasteiger partial charge in [-0.3, -0.25) is 9.69 Å². The number of aromatic nitrogens is 2. The number of nitrogens with zero attached hydrogens (tertiary/aromatic N) is 5. The van der Waals surface area contributed by atoms with Gasteiger partial charge < -0.3 is 14.4 Å². The Bertz CT molecular complexity index is 1220. The quantitative estimate of drug-likeness (QED) is 0.518. The molecule has 2 fully saturated rings. The van der Waals surface area contributed by atoms with Gasteiger partial charge in [-0.25, -0.2) is 4.98 Å². The van der Waals surface area contributed by atoms with Gasteiger partial charge in [0.05, 0.1) is 0 Å². The van der Waals surface area contributed by atoms with Crippen molar-refractivity contribution in [1.82, 2.24) is 19.4 Å². The second kappa shape index (κ2) is 9.22. The molecule has 192 valence electrons. The van der Waals surface area contributed by atoms with Crippen molar-refractivity contribution >= 4 is 22.6 Å². The Morgan fingerprint density at radius 3 is 2.28 bits per heavy atom. The standard InChI is InChI=1S/C30H41N5O/c1-29(2,3)21-35-25-11-10-22(17-23(25)18-26(35)30(4,5)6)28(36)34-19-24(20-34)32-13-15-33(16-14-32)27-9-7-8-12-31-27/h7-12,17-18,24H,13-16,19-21H2,1-6H3. The maximum absolute atomic E-state index is 13.3. The summed E-state index contributed by atoms with van der Waals surface area (Å²) in [4.78, 5) is 24.7. The van der Waals surface area contributed by atoms with Crippen LogP contribution in [0.4, 0.5) is 5.82 Å². The fourth-order valence-corrected chi connectivity index (χ4v) is 5.56. The Balaban J connectivity index is 1.24. The molecule has 3 aromatic rings. The van der Waals surface area contributed by atoms with Gasteiger partial charge in [-0.2, -0.15) is 0 Å². The number of anilines is 1. The minimum Gasteiger partial charge on any atom is -0.354 e. The van der Waals surface area contributed by atoms with E-state index in [0.29, 0.717) is 6.04 Å². The molecule has 0 bridgehead atoms. The molecule has 0 atom stereocenters. The number of hydrogen-bond acceptors (Lipinski definition) is 4. The average Bonchev–Trinajstić information content (AvgIpc) is 3.16. The number of amides is 1. The lowest BCUT2D eigenvalue weighted by atomic mass is 9.90. The zero-order chi connectivity index (χ0) is 25.7. The van der Waals surface area contributed by atoms with Crippen LogP contribution >= 0.6 is 0 Å². The minimum absolute atomic E-state index is 0.0414. The summed E-state index contributed by atoms with van der Waals surface area (Å²) >= 11 is 0. The molecule has 0 saturated carbocycles. The Morgan fingerprint density at radius 1 is 0.944 bits per heavy atom. The second-order valence-corrected chi connectivity index (χ2v) is 12.8. The second-order valence-electron chi connectivity index (χ2n) is 12.8. The first-order valence-electron chi connectivity index (χ1n) is 13.3. The molecule has 0 spiro atoms. The molecular formula is C30H41N5O. The average molecular weight is 488 g/mol. The van der Waals surface area contributed by atoms with E-state index in [0.717, 1.165) is 62.6 Å². The largest absolute Gasteiger partial charge is 0.354 e. The van der Waals surface area contributed by atoms with E-state index in [1.807, 2.05) is 29.3 Å². The fraction of sp³-hybridized carbons (Fsp3) is 0.533. The van der Waals surface area contributed by atoms with Crippen molar-refractivity contribution in [3.63, 3.8) is 0 Å². The zero-order valence-electron chi connectivity index (χ0n) is 22.8. The number of fused-ring (bicyclic) bond motifs is 1. The lowest BCUT2D eigenvalue weighted by Gasteiger charge is -2.48. The third-order valence-electron chi connectivity index (χ3n) is 7.50. The van der Waals surface area contributed by atoms with Crippen LogP contribution in [0.2, 0.25) is 0 Å². The summed E-state index contributed by atoms with van der Waals surface area (Å²) in [6, 6.07) is 15.1. The van der Waals surface area contributed by atoms with Crippen molar-refractivity contribution in [2.24, 2.45) is 5.41 Å². The van der Waals surface area contributed by atoms with Crippen LogP contribution in [-0.4, -0.2) is 70.6 Å². The summed E-state index contributed by atoms with van der Waals surface area (Å²) in [5.74, 6) is 1.21. The predicted octanol–water partition coefficient (Wildman–Crippen LogP) is 5.03. The van der Waals surface area contributed by atoms with E-state index < -0.39 is 0 Å². The van der Waals surface area contributed by atoms with Gasteiger partial charge in [0.1, 0.15) is 5.82 Å². The van der Waals surface area contributed by atoms with Gasteiger partial charge >= 0.3 is 0 Å². The molecule has 6 nitrogen and oxygen atoms in total. The molecule has 1 aromatic carbocycles. The van der Waals surface area contributed by atoms with Crippen LogP contribution in [0.3, 0.4) is 0 Å². The number of carbonyl (C=O) groups is 1. The molecule has 0 radical (unpaired) electrons. The Morgan fingerprint density at radius 2 is 1.67 bits per heavy atom. The molecule has 2 aliphatic heterocycles. The number of pyridine rings is 1. The third-order valence-corrected chi connectivity index (χ3v) is 7.50. The molecule has 0 unspecified atom stereocenters. The van der Waals surface area contributed by atoms with Crippen molar-refractivity contribution in [3.8, 4) is 0 Å². The number of rotatable bonds is 4. The molecule has 1 amide bonds. The molecule has 0 aliphatic carbocycles. The molecule has 0 N–H and O–H groups in total. The molecule has 6 heteroatoms. The van der Waals surface area contributed by atoms with Gasteiger partial charge in [0.25, 0.3) is 5.91 Å². The number of carbonyl (C=O) groups excluding carboxylic acids is 1. The topological polar surface area (TPSA) is 44.6 Å². The van der Waals surface area contributed by atoms with E-state index >= 15 is 0 Å². The van der Waals surface area contributed by atoms with Gasteiger partial charge in [-0.05, 0) is 41.8 Å². The minimum atomic E-state index is 0.0414. The molecule has 2 aromatic heterocycles. The van der Waals surface area contributed by atoms with Crippen molar-refractivity contribution in [2.75, 3.05) is 44.2 Å². The van der Waals surface area contributed by atoms with Gasteiger partial charge in [0, 0.05) is 85.6 Å². The number of hydrogen-bond donors (Lipinski definition) is 0. The SMILES string of the molecule is CC(C)(C)Cn1c(C(C)(C)C)cc2cc(C(=O)N3CC(N4CCN(c5ccccn5)CC4)C3)ccc21. The van der Waals surface area contributed by atoms with Crippen molar-refractivity contribution < 1.29 is 4.79 Å². The molecule has 2 aliphatic rings. The smallest absolute Gasteiger partial charge is 0.253 e. The van der Waals surface area contributed by atoms with Crippen LogP contribution < -0.4 is 4.90 Å². The van der Waals surface area contributed by atoms with Crippen LogP contribution in [0.5, 0.6) is 0 Å². The van der Waals surface area contributed by atoms with E-state index in [2.05, 4.69) is 85.2 Å². The number of piperazine rings is 1. The molecule has 36 heavy (non-hydrogen) atoms. The fourth-order valence-electron chi connectivity index (χ4n) is 5.56. The summed E-state index contributed by atoms with van der Waals surface area (Å²) < 4.78 is 2.45. The van der Waals surface area contributed by atoms with Crippen molar-refractivity contribution in [3.05, 3.63) is 59.9 Å². The normalized spacial score (nSPS) is 18.1. The highest BCUT2D eigenvalue weighted by molar-refractivity contribution is 5.99. The lowest BCUT2D eigenvalue weighted by molar-refractivity contribution is 0.0246. The first kappa shape index (κ1) is 24.8. The van der Waals surface area contributed by atoms with Crippen LogP contribution in [0.1, 0.15) is 57.6 Å². The Labute approximate surface area is 215 Å². The summed E-state index contributed by atoms with van der Waals surface area (Å²) in [7, 11) is 0. The molecule has 5 rings (SSSR count). The van der Waals surface area contributed by atoms with Crippen LogP contribution in [0.15, 0.2) is 48.7 Å². The van der Waals surface area contributed by atoms with E-state index in [9.17, 15) is 4.79 Å². The summed E-state index contributed by atoms with van der Waals surface area (Å²) in [6.07, 6.45) is 1.86. The Kier molecular flexibility index (Phi) is 6.36. The van der Waals surface area contributed by atoms with Crippen molar-refractivity contribution in [1.29, 1.82) is 0 Å². The number of benzene rings is 1. The maximum Gasteiger partial charge on any atom is 0.253 e. The maximum atomic E-state index is 13.3. The summed E-state index contributed by atoms with van der Waals surface area (Å²) in [5.41, 5.74) is 3.56. The van der Waals surface area contributed by atoms with E-state index in [1.165, 1.54) is 11.2 Å². The molecule has 2 saturated heterocycles. The van der Waals surface area contributed by atoms with E-state index in [4.69, 9.17) is 0 Å². The van der Waals surface area contributed by atoms with Gasteiger partial charge in [0.15, 0.2) is 0 Å². The van der Waals surface area contributed by atoms with E-state index in [1.54, 1.807) is 0 Å². The predicted molar refractivity (Wildman–Crippen MR) is 148 cm³/mol. The Hall–Kier alpha value is -2.86. The first-order valence-corrected chi connectivity index (χ1v) is 13.3. The highest BCUT2D eigenvalue weighted by Crippen LogP contribution is 2.33. The number of likely N-dealkylation sites (tertiary alicyclic amines) is 1. The van der Waals surface area contributed by atoms with Crippen LogP contribution in [-0.2, 0) is 12.0 Å². The summed E-state index contributed by atoms with van der Waals surface area (Å²) in [5, 5.41) is 1.16. The molecular weight excluding hydrogens is 446 g/mol. The van der Waals surface area contributed by atoms with Crippen LogP contribution in [0.25, 0.3) is 10.9 Å². The third kappa shape index (κ3) is 5.01. The van der Waals surface area contributed by atoms with Gasteiger partial charge in [0.2, 0.25) is 0 Å². The first-order chi connectivity index (χ1) is 17.0. The van der Waals surface area contributed by atoms with E-state index in [-0.39, 0.29) is 16.7 Å². The monoisotopic (exact) mass is 487 g/mol. The van der Waals surface area contributed by atoms with Crippen molar-refractivity contribution in [2.45, 2.75) is 59.5 Å². The zero-order valence-corrected chi connectivity index (χ0v) is 22.8.